The molecule has 2 aromatic carbocycles. The molecule has 100 valence electrons. The molecule has 1 atom stereocenters. The van der Waals surface area contributed by atoms with Crippen LogP contribution >= 0.6 is 0 Å². The van der Waals surface area contributed by atoms with Crippen LogP contribution in [-0.2, 0) is 6.61 Å². The first-order valence-corrected chi connectivity index (χ1v) is 6.01. The van der Waals surface area contributed by atoms with E-state index >= 15 is 0 Å². The Morgan fingerprint density at radius 1 is 1.16 bits per heavy atom. The van der Waals surface area contributed by atoms with Crippen molar-refractivity contribution < 1.29 is 13.9 Å². The van der Waals surface area contributed by atoms with Crippen molar-refractivity contribution in [3.8, 4) is 0 Å². The third kappa shape index (κ3) is 3.29. The summed E-state index contributed by atoms with van der Waals surface area (Å²) in [4.78, 5) is 0. The van der Waals surface area contributed by atoms with Crippen molar-refractivity contribution in [1.82, 2.24) is 0 Å². The van der Waals surface area contributed by atoms with E-state index in [-0.39, 0.29) is 18.2 Å². The van der Waals surface area contributed by atoms with Gasteiger partial charge in [0, 0.05) is 11.3 Å². The van der Waals surface area contributed by atoms with Crippen LogP contribution in [0.4, 0.5) is 14.5 Å². The molecule has 0 spiro atoms. The van der Waals surface area contributed by atoms with Gasteiger partial charge in [0.2, 0.25) is 0 Å². The van der Waals surface area contributed by atoms with Crippen LogP contribution in [-0.4, -0.2) is 5.11 Å². The molecule has 1 unspecified atom stereocenters. The third-order valence-corrected chi connectivity index (χ3v) is 2.92. The van der Waals surface area contributed by atoms with Crippen molar-refractivity contribution in [2.75, 3.05) is 5.32 Å². The maximum absolute atomic E-state index is 13.6. The number of anilines is 1. The standard InChI is InChI=1S/C15H15F2NO/c1-10(14-8-12(16)5-6-15(14)17)18-13-4-2-3-11(7-13)9-19/h2-8,10,18-19H,9H2,1H3. The summed E-state index contributed by atoms with van der Waals surface area (Å²) in [6.45, 7) is 1.70. The van der Waals surface area contributed by atoms with Gasteiger partial charge in [-0.15, -0.1) is 0 Å². The maximum atomic E-state index is 13.6. The van der Waals surface area contributed by atoms with Crippen LogP contribution in [0.1, 0.15) is 24.1 Å². The van der Waals surface area contributed by atoms with E-state index in [0.29, 0.717) is 0 Å². The number of halogens is 2. The Hall–Kier alpha value is -1.94. The number of benzene rings is 2. The van der Waals surface area contributed by atoms with E-state index in [2.05, 4.69) is 5.32 Å². The Labute approximate surface area is 110 Å². The quantitative estimate of drug-likeness (QED) is 0.882. The van der Waals surface area contributed by atoms with Crippen molar-refractivity contribution in [1.29, 1.82) is 0 Å². The van der Waals surface area contributed by atoms with E-state index in [1.54, 1.807) is 25.1 Å². The zero-order chi connectivity index (χ0) is 13.8. The Bertz CT molecular complexity index is 572. The van der Waals surface area contributed by atoms with Gasteiger partial charge < -0.3 is 10.4 Å². The highest BCUT2D eigenvalue weighted by Crippen LogP contribution is 2.23. The van der Waals surface area contributed by atoms with E-state index in [4.69, 9.17) is 5.11 Å². The van der Waals surface area contributed by atoms with Crippen LogP contribution in [0.5, 0.6) is 0 Å². The van der Waals surface area contributed by atoms with Crippen LogP contribution in [0.15, 0.2) is 42.5 Å². The Kier molecular flexibility index (Phi) is 4.12. The summed E-state index contributed by atoms with van der Waals surface area (Å²) >= 11 is 0. The lowest BCUT2D eigenvalue weighted by Crippen LogP contribution is -2.09. The highest BCUT2D eigenvalue weighted by molar-refractivity contribution is 5.47. The second-order valence-electron chi connectivity index (χ2n) is 4.39. The summed E-state index contributed by atoms with van der Waals surface area (Å²) in [5, 5.41) is 12.1. The fourth-order valence-corrected chi connectivity index (χ4v) is 1.93. The monoisotopic (exact) mass is 263 g/mol. The third-order valence-electron chi connectivity index (χ3n) is 2.92. The molecule has 0 aliphatic heterocycles. The molecule has 4 heteroatoms. The molecule has 0 bridgehead atoms. The first-order chi connectivity index (χ1) is 9.10. The van der Waals surface area contributed by atoms with Crippen LogP contribution in [0.3, 0.4) is 0 Å². The van der Waals surface area contributed by atoms with E-state index in [9.17, 15) is 8.78 Å². The maximum Gasteiger partial charge on any atom is 0.128 e. The van der Waals surface area contributed by atoms with Gasteiger partial charge in [-0.05, 0) is 42.8 Å². The summed E-state index contributed by atoms with van der Waals surface area (Å²) in [7, 11) is 0. The molecule has 0 fully saturated rings. The molecule has 0 heterocycles. The van der Waals surface area contributed by atoms with E-state index in [1.165, 1.54) is 6.07 Å². The Morgan fingerprint density at radius 2 is 1.95 bits per heavy atom. The number of aliphatic hydroxyl groups excluding tert-OH is 1. The minimum absolute atomic E-state index is 0.0573. The zero-order valence-electron chi connectivity index (χ0n) is 10.5. The van der Waals surface area contributed by atoms with E-state index < -0.39 is 11.6 Å². The minimum atomic E-state index is -0.464. The number of hydrogen-bond donors (Lipinski definition) is 2. The summed E-state index contributed by atoms with van der Waals surface area (Å²) in [5.41, 5.74) is 1.79. The second-order valence-corrected chi connectivity index (χ2v) is 4.39. The molecule has 2 aromatic rings. The van der Waals surface area contributed by atoms with Crippen LogP contribution in [0, 0.1) is 11.6 Å². The molecule has 2 rings (SSSR count). The summed E-state index contributed by atoms with van der Waals surface area (Å²) in [5.74, 6) is -0.908. The molecule has 0 aromatic heterocycles. The van der Waals surface area contributed by atoms with Crippen molar-refractivity contribution in [2.24, 2.45) is 0 Å². The smallest absolute Gasteiger partial charge is 0.128 e. The highest BCUT2D eigenvalue weighted by atomic mass is 19.1. The molecule has 19 heavy (non-hydrogen) atoms. The van der Waals surface area contributed by atoms with Gasteiger partial charge in [-0.25, -0.2) is 8.78 Å². The van der Waals surface area contributed by atoms with Crippen molar-refractivity contribution in [2.45, 2.75) is 19.6 Å². The molecule has 0 saturated heterocycles. The number of rotatable bonds is 4. The van der Waals surface area contributed by atoms with Gasteiger partial charge in [-0.3, -0.25) is 0 Å². The van der Waals surface area contributed by atoms with E-state index in [1.807, 2.05) is 6.07 Å². The highest BCUT2D eigenvalue weighted by Gasteiger charge is 2.12. The topological polar surface area (TPSA) is 32.3 Å². The predicted molar refractivity (Wildman–Crippen MR) is 70.8 cm³/mol. The number of nitrogens with one attached hydrogen (secondary N) is 1. The van der Waals surface area contributed by atoms with Crippen LogP contribution < -0.4 is 5.32 Å². The lowest BCUT2D eigenvalue weighted by molar-refractivity contribution is 0.282. The summed E-state index contributed by atoms with van der Waals surface area (Å²) in [6, 6.07) is 10.2. The first-order valence-electron chi connectivity index (χ1n) is 6.01. The van der Waals surface area contributed by atoms with Gasteiger partial charge >= 0.3 is 0 Å². The average Bonchev–Trinajstić information content (AvgIpc) is 2.41. The van der Waals surface area contributed by atoms with Gasteiger partial charge in [0.15, 0.2) is 0 Å². The van der Waals surface area contributed by atoms with Gasteiger partial charge in [0.25, 0.3) is 0 Å². The van der Waals surface area contributed by atoms with Crippen LogP contribution in [0.25, 0.3) is 0 Å². The van der Waals surface area contributed by atoms with Crippen LogP contribution in [0.2, 0.25) is 0 Å². The predicted octanol–water partition coefficient (Wildman–Crippen LogP) is 3.63. The zero-order valence-corrected chi connectivity index (χ0v) is 10.5. The second kappa shape index (κ2) is 5.80. The van der Waals surface area contributed by atoms with Crippen molar-refractivity contribution in [3.05, 3.63) is 65.2 Å². The SMILES string of the molecule is CC(Nc1cccc(CO)c1)c1cc(F)ccc1F. The fourth-order valence-electron chi connectivity index (χ4n) is 1.93. The first kappa shape index (κ1) is 13.5. The van der Waals surface area contributed by atoms with Gasteiger partial charge in [-0.2, -0.15) is 0 Å². The Morgan fingerprint density at radius 3 is 2.68 bits per heavy atom. The van der Waals surface area contributed by atoms with E-state index in [0.717, 1.165) is 23.4 Å². The molecule has 0 aliphatic rings. The lowest BCUT2D eigenvalue weighted by atomic mass is 10.1. The molecular formula is C15H15F2NO. The molecule has 0 radical (unpaired) electrons. The molecular weight excluding hydrogens is 248 g/mol. The van der Waals surface area contributed by atoms with Gasteiger partial charge in [-0.1, -0.05) is 12.1 Å². The molecule has 2 nitrogen and oxygen atoms in total. The molecule has 2 N–H and O–H groups in total. The largest absolute Gasteiger partial charge is 0.392 e. The normalized spacial score (nSPS) is 12.2. The van der Waals surface area contributed by atoms with Gasteiger partial charge in [0.1, 0.15) is 11.6 Å². The minimum Gasteiger partial charge on any atom is -0.392 e. The fraction of sp³-hybridized carbons (Fsp3) is 0.200. The lowest BCUT2D eigenvalue weighted by Gasteiger charge is -2.17. The molecule has 0 aliphatic carbocycles. The summed E-state index contributed by atoms with van der Waals surface area (Å²) < 4.78 is 26.8. The van der Waals surface area contributed by atoms with Gasteiger partial charge in [0.05, 0.1) is 12.6 Å². The van der Waals surface area contributed by atoms with Crippen molar-refractivity contribution >= 4 is 5.69 Å². The molecule has 0 saturated carbocycles. The Balaban J connectivity index is 2.20. The number of aliphatic hydroxyl groups is 1. The van der Waals surface area contributed by atoms with Crippen molar-refractivity contribution in [3.63, 3.8) is 0 Å². The number of hydrogen-bond acceptors (Lipinski definition) is 2. The average molecular weight is 263 g/mol. The molecule has 0 amide bonds. The summed E-state index contributed by atoms with van der Waals surface area (Å²) in [6.07, 6.45) is 0.